The van der Waals surface area contributed by atoms with Gasteiger partial charge in [-0.1, -0.05) is 32.9 Å². The maximum atomic E-state index is 13.3. The zero-order chi connectivity index (χ0) is 34.2. The van der Waals surface area contributed by atoms with Crippen molar-refractivity contribution in [3.05, 3.63) is 71.4 Å². The van der Waals surface area contributed by atoms with Crippen molar-refractivity contribution in [1.82, 2.24) is 25.3 Å². The number of hydrogen-bond donors (Lipinski definition) is 1. The van der Waals surface area contributed by atoms with Gasteiger partial charge in [0.1, 0.15) is 28.5 Å². The van der Waals surface area contributed by atoms with Crippen LogP contribution >= 0.6 is 0 Å². The molecule has 0 saturated carbocycles. The number of hydrogen-bond acceptors (Lipinski definition) is 8. The topological polar surface area (TPSA) is 126 Å². The van der Waals surface area contributed by atoms with Gasteiger partial charge in [-0.3, -0.25) is 14.6 Å². The van der Waals surface area contributed by atoms with Gasteiger partial charge < -0.3 is 24.6 Å². The van der Waals surface area contributed by atoms with Gasteiger partial charge in [0.2, 0.25) is 5.91 Å². The number of nitrogens with one attached hydrogen (secondary N) is 1. The van der Waals surface area contributed by atoms with E-state index in [2.05, 4.69) is 36.3 Å². The molecule has 11 heteroatoms. The first-order chi connectivity index (χ1) is 22.8. The Balaban J connectivity index is 1.24. The van der Waals surface area contributed by atoms with E-state index in [-0.39, 0.29) is 17.9 Å². The van der Waals surface area contributed by atoms with Crippen LogP contribution in [-0.2, 0) is 20.9 Å². The molecule has 1 aromatic heterocycles. The van der Waals surface area contributed by atoms with E-state index in [1.54, 1.807) is 4.90 Å². The summed E-state index contributed by atoms with van der Waals surface area (Å²) in [5, 5.41) is 11.7. The standard InChI is InChI=1S/C37H44N6O5/c1-23(2)29-13-14-30(41-40-29)25-9-11-28(12-10-25)47-31-20-26(7-8-27(31)22-43-21-24(3)19-32(43)44)33-38-34(45)37(39-33)15-17-42(18-16-37)35(46)48-36(4,5)6/h7-14,20,23-24H,15-19,21-22H2,1-6H3,(H,38,39,45). The van der Waals surface area contributed by atoms with E-state index < -0.39 is 11.1 Å². The Kier molecular flexibility index (Phi) is 8.98. The number of aromatic nitrogens is 2. The Morgan fingerprint density at radius 3 is 2.31 bits per heavy atom. The van der Waals surface area contributed by atoms with Crippen LogP contribution in [0.2, 0.25) is 0 Å². The zero-order valence-corrected chi connectivity index (χ0v) is 28.6. The number of ether oxygens (including phenoxy) is 2. The molecule has 1 spiro atoms. The van der Waals surface area contributed by atoms with E-state index in [9.17, 15) is 14.4 Å². The molecule has 0 aliphatic carbocycles. The Bertz CT molecular complexity index is 1720. The van der Waals surface area contributed by atoms with Crippen molar-refractivity contribution in [2.75, 3.05) is 19.6 Å². The quantitative estimate of drug-likeness (QED) is 0.328. The third-order valence-corrected chi connectivity index (χ3v) is 8.99. The molecule has 11 nitrogen and oxygen atoms in total. The molecule has 2 fully saturated rings. The normalized spacial score (nSPS) is 19.1. The van der Waals surface area contributed by atoms with Crippen LogP contribution in [0.15, 0.2) is 59.6 Å². The third kappa shape index (κ3) is 7.19. The molecule has 2 saturated heterocycles. The summed E-state index contributed by atoms with van der Waals surface area (Å²) >= 11 is 0. The summed E-state index contributed by atoms with van der Waals surface area (Å²) in [7, 11) is 0. The van der Waals surface area contributed by atoms with Gasteiger partial charge in [0.15, 0.2) is 0 Å². The first-order valence-corrected chi connectivity index (χ1v) is 16.7. The number of carbonyl (C=O) groups is 3. The lowest BCUT2D eigenvalue weighted by Gasteiger charge is -2.36. The number of amidine groups is 1. The summed E-state index contributed by atoms with van der Waals surface area (Å²) in [5.41, 5.74) is 2.65. The number of carbonyl (C=O) groups excluding carboxylic acids is 3. The summed E-state index contributed by atoms with van der Waals surface area (Å²) in [6, 6.07) is 17.3. The van der Waals surface area contributed by atoms with Crippen LogP contribution in [0.4, 0.5) is 4.79 Å². The molecule has 4 heterocycles. The van der Waals surface area contributed by atoms with E-state index in [1.165, 1.54) is 0 Å². The first-order valence-electron chi connectivity index (χ1n) is 16.7. The fourth-order valence-electron chi connectivity index (χ4n) is 6.26. The number of likely N-dealkylation sites (tertiary alicyclic amines) is 2. The molecular weight excluding hydrogens is 608 g/mol. The Morgan fingerprint density at radius 1 is 1.00 bits per heavy atom. The average Bonchev–Trinajstić information content (AvgIpc) is 3.53. The third-order valence-electron chi connectivity index (χ3n) is 8.99. The molecule has 1 atom stereocenters. The Morgan fingerprint density at radius 2 is 1.71 bits per heavy atom. The number of piperidine rings is 1. The lowest BCUT2D eigenvalue weighted by molar-refractivity contribution is -0.128. The smallest absolute Gasteiger partial charge is 0.410 e. The lowest BCUT2D eigenvalue weighted by atomic mass is 9.88. The largest absolute Gasteiger partial charge is 0.457 e. The van der Waals surface area contributed by atoms with E-state index in [0.717, 1.165) is 22.5 Å². The van der Waals surface area contributed by atoms with E-state index in [0.29, 0.717) is 80.2 Å². The van der Waals surface area contributed by atoms with Crippen LogP contribution < -0.4 is 10.1 Å². The van der Waals surface area contributed by atoms with Gasteiger partial charge in [-0.15, -0.1) is 0 Å². The maximum Gasteiger partial charge on any atom is 0.410 e. The highest BCUT2D eigenvalue weighted by atomic mass is 16.6. The minimum Gasteiger partial charge on any atom is -0.457 e. The zero-order valence-electron chi connectivity index (χ0n) is 28.6. The highest BCUT2D eigenvalue weighted by Crippen LogP contribution is 2.35. The molecule has 3 aliphatic heterocycles. The second-order valence-corrected chi connectivity index (χ2v) is 14.4. The van der Waals surface area contributed by atoms with Crippen LogP contribution in [0.5, 0.6) is 11.5 Å². The minimum atomic E-state index is -0.947. The molecule has 1 N–H and O–H groups in total. The van der Waals surface area contributed by atoms with Gasteiger partial charge in [0, 0.05) is 49.3 Å². The monoisotopic (exact) mass is 652 g/mol. The molecule has 3 aromatic rings. The lowest BCUT2D eigenvalue weighted by Crippen LogP contribution is -2.51. The second kappa shape index (κ2) is 13.0. The summed E-state index contributed by atoms with van der Waals surface area (Å²) in [5.74, 6) is 2.21. The van der Waals surface area contributed by atoms with Crippen molar-refractivity contribution in [3.8, 4) is 22.8 Å². The Labute approximate surface area is 281 Å². The number of amides is 3. The van der Waals surface area contributed by atoms with Crippen LogP contribution in [0.3, 0.4) is 0 Å². The molecule has 3 amide bonds. The van der Waals surface area contributed by atoms with Gasteiger partial charge in [-0.05, 0) is 87.9 Å². The highest BCUT2D eigenvalue weighted by molar-refractivity contribution is 6.15. The van der Waals surface area contributed by atoms with Crippen LogP contribution in [0, 0.1) is 5.92 Å². The van der Waals surface area contributed by atoms with Gasteiger partial charge in [0.05, 0.1) is 11.4 Å². The van der Waals surface area contributed by atoms with Crippen molar-refractivity contribution in [1.29, 1.82) is 0 Å². The van der Waals surface area contributed by atoms with Gasteiger partial charge in [0.25, 0.3) is 5.91 Å². The number of rotatable bonds is 7. The van der Waals surface area contributed by atoms with Crippen molar-refractivity contribution in [2.45, 2.75) is 84.4 Å². The van der Waals surface area contributed by atoms with E-state index in [4.69, 9.17) is 14.5 Å². The fraction of sp³-hybridized carbons (Fsp3) is 0.459. The van der Waals surface area contributed by atoms with Crippen molar-refractivity contribution < 1.29 is 23.9 Å². The van der Waals surface area contributed by atoms with Crippen LogP contribution in [-0.4, -0.2) is 74.5 Å². The summed E-state index contributed by atoms with van der Waals surface area (Å²) in [6.07, 6.45) is 0.950. The van der Waals surface area contributed by atoms with E-state index in [1.807, 2.05) is 80.3 Å². The van der Waals surface area contributed by atoms with Crippen LogP contribution in [0.25, 0.3) is 11.3 Å². The second-order valence-electron chi connectivity index (χ2n) is 14.4. The predicted molar refractivity (Wildman–Crippen MR) is 182 cm³/mol. The molecule has 2 aromatic carbocycles. The SMILES string of the molecule is CC1CC(=O)N(Cc2ccc(C3=NC4(CCN(C(=O)OC(C)(C)C)CC4)C(=O)N3)cc2Oc2ccc(-c3ccc(C(C)C)nn3)cc2)C1. The molecule has 0 radical (unpaired) electrons. The van der Waals surface area contributed by atoms with Gasteiger partial charge in [-0.2, -0.15) is 10.2 Å². The number of aliphatic imine (C=N–C) groups is 1. The average molecular weight is 653 g/mol. The summed E-state index contributed by atoms with van der Waals surface area (Å²) in [6.45, 7) is 13.6. The molecule has 3 aliphatic rings. The van der Waals surface area contributed by atoms with Gasteiger partial charge >= 0.3 is 6.09 Å². The predicted octanol–water partition coefficient (Wildman–Crippen LogP) is 6.07. The summed E-state index contributed by atoms with van der Waals surface area (Å²) < 4.78 is 12.0. The molecule has 0 bridgehead atoms. The molecule has 1 unspecified atom stereocenters. The fourth-order valence-corrected chi connectivity index (χ4v) is 6.26. The van der Waals surface area contributed by atoms with Crippen LogP contribution in [0.1, 0.15) is 83.5 Å². The van der Waals surface area contributed by atoms with Crippen molar-refractivity contribution in [2.24, 2.45) is 10.9 Å². The minimum absolute atomic E-state index is 0.124. The molecule has 48 heavy (non-hydrogen) atoms. The van der Waals surface area contributed by atoms with Gasteiger partial charge in [-0.25, -0.2) is 4.79 Å². The van der Waals surface area contributed by atoms with E-state index >= 15 is 0 Å². The Hall–Kier alpha value is -4.80. The molecule has 6 rings (SSSR count). The first kappa shape index (κ1) is 33.1. The number of nitrogens with zero attached hydrogens (tertiary/aromatic N) is 5. The summed E-state index contributed by atoms with van der Waals surface area (Å²) in [4.78, 5) is 47.0. The maximum absolute atomic E-state index is 13.3. The number of benzene rings is 2. The molecular formula is C37H44N6O5. The van der Waals surface area contributed by atoms with Crippen molar-refractivity contribution >= 4 is 23.7 Å². The highest BCUT2D eigenvalue weighted by Gasteiger charge is 2.47. The van der Waals surface area contributed by atoms with Crippen molar-refractivity contribution in [3.63, 3.8) is 0 Å². The molecule has 252 valence electrons.